The van der Waals surface area contributed by atoms with E-state index in [-0.39, 0.29) is 10.3 Å². The minimum absolute atomic E-state index is 0.0417. The van der Waals surface area contributed by atoms with Gasteiger partial charge in [0.25, 0.3) is 10.1 Å². The Balaban J connectivity index is 0.000000697. The van der Waals surface area contributed by atoms with Crippen LogP contribution in [0.4, 0.5) is 0 Å². The van der Waals surface area contributed by atoms with Crippen LogP contribution in [0.1, 0.15) is 85.3 Å². The van der Waals surface area contributed by atoms with E-state index in [1.165, 1.54) is 18.9 Å². The Morgan fingerprint density at radius 2 is 1.40 bits per heavy atom. The summed E-state index contributed by atoms with van der Waals surface area (Å²) < 4.78 is 31.8. The molecule has 0 saturated carbocycles. The SMILES string of the molecule is CCC(C)(C)CC.CCC(C)(C)CCc1cc(C)ccc1S(=O)(=O)O. The highest BCUT2D eigenvalue weighted by molar-refractivity contribution is 7.85. The molecule has 0 fully saturated rings. The maximum Gasteiger partial charge on any atom is 0.294 e. The zero-order chi connectivity index (χ0) is 19.9. The second-order valence-corrected chi connectivity index (χ2v) is 9.87. The fourth-order valence-corrected chi connectivity index (χ4v) is 2.79. The molecular weight excluding hydrogens is 332 g/mol. The van der Waals surface area contributed by atoms with Crippen molar-refractivity contribution in [2.45, 2.75) is 92.4 Å². The van der Waals surface area contributed by atoms with Gasteiger partial charge in [-0.2, -0.15) is 8.42 Å². The molecule has 0 aromatic heterocycles. The number of hydrogen-bond donors (Lipinski definition) is 1. The highest BCUT2D eigenvalue weighted by atomic mass is 32.2. The molecule has 0 unspecified atom stereocenters. The van der Waals surface area contributed by atoms with Gasteiger partial charge in [0.1, 0.15) is 0 Å². The zero-order valence-electron chi connectivity index (χ0n) is 17.4. The quantitative estimate of drug-likeness (QED) is 0.562. The minimum Gasteiger partial charge on any atom is -0.282 e. The van der Waals surface area contributed by atoms with Crippen LogP contribution in [0, 0.1) is 17.8 Å². The Kier molecular flexibility index (Phi) is 9.39. The van der Waals surface area contributed by atoms with Crippen LogP contribution in [0.2, 0.25) is 0 Å². The molecule has 0 amide bonds. The first-order chi connectivity index (χ1) is 11.3. The van der Waals surface area contributed by atoms with Gasteiger partial charge in [0.05, 0.1) is 4.90 Å². The van der Waals surface area contributed by atoms with Crippen LogP contribution < -0.4 is 0 Å². The van der Waals surface area contributed by atoms with Crippen LogP contribution >= 0.6 is 0 Å². The second kappa shape index (κ2) is 9.72. The average Bonchev–Trinajstić information content (AvgIpc) is 2.52. The molecular formula is C21H38O3S. The number of benzene rings is 1. The van der Waals surface area contributed by atoms with Crippen molar-refractivity contribution in [3.63, 3.8) is 0 Å². The van der Waals surface area contributed by atoms with Gasteiger partial charge in [-0.15, -0.1) is 0 Å². The number of hydrogen-bond acceptors (Lipinski definition) is 2. The highest BCUT2D eigenvalue weighted by Gasteiger charge is 2.19. The summed E-state index contributed by atoms with van der Waals surface area (Å²) in [6, 6.07) is 5.03. The predicted octanol–water partition coefficient (Wildman–Crippen LogP) is 6.44. The molecule has 4 heteroatoms. The molecule has 0 aliphatic carbocycles. The number of aryl methyl sites for hydroxylation is 2. The average molecular weight is 371 g/mol. The molecule has 0 aliphatic rings. The van der Waals surface area contributed by atoms with E-state index in [4.69, 9.17) is 0 Å². The van der Waals surface area contributed by atoms with Crippen LogP contribution in [-0.2, 0) is 16.5 Å². The van der Waals surface area contributed by atoms with Crippen LogP contribution in [0.15, 0.2) is 23.1 Å². The summed E-state index contributed by atoms with van der Waals surface area (Å²) in [6.07, 6.45) is 5.19. The highest BCUT2D eigenvalue weighted by Crippen LogP contribution is 2.28. The van der Waals surface area contributed by atoms with E-state index < -0.39 is 10.1 Å². The van der Waals surface area contributed by atoms with E-state index in [1.54, 1.807) is 6.07 Å². The predicted molar refractivity (Wildman–Crippen MR) is 108 cm³/mol. The molecule has 1 N–H and O–H groups in total. The summed E-state index contributed by atoms with van der Waals surface area (Å²) in [6.45, 7) is 17.4. The van der Waals surface area contributed by atoms with Gasteiger partial charge < -0.3 is 0 Å². The summed E-state index contributed by atoms with van der Waals surface area (Å²) in [7, 11) is -4.12. The van der Waals surface area contributed by atoms with Crippen molar-refractivity contribution in [2.75, 3.05) is 0 Å². The second-order valence-electron chi connectivity index (χ2n) is 8.48. The van der Waals surface area contributed by atoms with E-state index in [2.05, 4.69) is 48.5 Å². The molecule has 0 atom stereocenters. The van der Waals surface area contributed by atoms with Crippen molar-refractivity contribution in [3.8, 4) is 0 Å². The summed E-state index contributed by atoms with van der Waals surface area (Å²) in [5.74, 6) is 0. The molecule has 0 saturated heterocycles. The first-order valence-corrected chi connectivity index (χ1v) is 10.8. The van der Waals surface area contributed by atoms with E-state index >= 15 is 0 Å². The fourth-order valence-electron chi connectivity index (χ4n) is 2.06. The third-order valence-electron chi connectivity index (χ3n) is 5.44. The van der Waals surface area contributed by atoms with E-state index in [9.17, 15) is 13.0 Å². The Morgan fingerprint density at radius 3 is 1.76 bits per heavy atom. The molecule has 0 aliphatic heterocycles. The maximum atomic E-state index is 11.3. The maximum absolute atomic E-state index is 11.3. The topological polar surface area (TPSA) is 54.4 Å². The van der Waals surface area contributed by atoms with Crippen molar-refractivity contribution < 1.29 is 13.0 Å². The van der Waals surface area contributed by atoms with Gasteiger partial charge in [-0.25, -0.2) is 0 Å². The summed E-state index contributed by atoms with van der Waals surface area (Å²) in [5, 5.41) is 0. The number of rotatable bonds is 7. The van der Waals surface area contributed by atoms with Crippen LogP contribution in [0.5, 0.6) is 0 Å². The van der Waals surface area contributed by atoms with Gasteiger partial charge >= 0.3 is 0 Å². The van der Waals surface area contributed by atoms with Gasteiger partial charge in [-0.05, 0) is 42.2 Å². The Labute approximate surface area is 156 Å². The van der Waals surface area contributed by atoms with E-state index in [1.807, 2.05) is 13.0 Å². The lowest BCUT2D eigenvalue weighted by Crippen LogP contribution is -2.12. The zero-order valence-corrected chi connectivity index (χ0v) is 18.3. The normalized spacial score (nSPS) is 12.5. The fraction of sp³-hybridized carbons (Fsp3) is 0.714. The van der Waals surface area contributed by atoms with Gasteiger partial charge in [0.15, 0.2) is 0 Å². The third-order valence-corrected chi connectivity index (χ3v) is 6.39. The van der Waals surface area contributed by atoms with E-state index in [0.29, 0.717) is 17.4 Å². The van der Waals surface area contributed by atoms with Crippen molar-refractivity contribution in [1.29, 1.82) is 0 Å². The lowest BCUT2D eigenvalue weighted by Gasteiger charge is -2.22. The lowest BCUT2D eigenvalue weighted by molar-refractivity contribution is 0.321. The lowest BCUT2D eigenvalue weighted by atomic mass is 9.84. The van der Waals surface area contributed by atoms with Crippen LogP contribution in [0.25, 0.3) is 0 Å². The van der Waals surface area contributed by atoms with Crippen LogP contribution in [0.3, 0.4) is 0 Å². The Morgan fingerprint density at radius 1 is 0.920 bits per heavy atom. The first kappa shape index (κ1) is 24.1. The standard InChI is InChI=1S/C14H22O3S.C7H16/c1-5-14(3,4)9-8-12-10-11(2)6-7-13(12)18(15,16)17;1-5-7(3,4)6-2/h6-7,10H,5,8-9H2,1-4H3,(H,15,16,17);5-6H2,1-4H3. The van der Waals surface area contributed by atoms with E-state index in [0.717, 1.165) is 18.4 Å². The molecule has 1 rings (SSSR count). The molecule has 0 spiro atoms. The van der Waals surface area contributed by atoms with Crippen LogP contribution in [-0.4, -0.2) is 13.0 Å². The van der Waals surface area contributed by atoms with Crippen molar-refractivity contribution in [3.05, 3.63) is 29.3 Å². The summed E-state index contributed by atoms with van der Waals surface area (Å²) in [5.41, 5.74) is 2.48. The van der Waals surface area contributed by atoms with Gasteiger partial charge in [0, 0.05) is 0 Å². The largest absolute Gasteiger partial charge is 0.294 e. The Hall–Kier alpha value is -0.870. The van der Waals surface area contributed by atoms with Crippen molar-refractivity contribution in [2.24, 2.45) is 10.8 Å². The first-order valence-electron chi connectivity index (χ1n) is 9.35. The molecule has 146 valence electrons. The summed E-state index contributed by atoms with van der Waals surface area (Å²) >= 11 is 0. The minimum atomic E-state index is -4.12. The van der Waals surface area contributed by atoms with Gasteiger partial charge in [0.2, 0.25) is 0 Å². The molecule has 3 nitrogen and oxygen atoms in total. The van der Waals surface area contributed by atoms with Crippen molar-refractivity contribution >= 4 is 10.1 Å². The molecule has 1 aromatic carbocycles. The molecule has 1 aromatic rings. The smallest absolute Gasteiger partial charge is 0.282 e. The Bertz CT molecular complexity index is 623. The molecule has 0 radical (unpaired) electrons. The van der Waals surface area contributed by atoms with Crippen molar-refractivity contribution in [1.82, 2.24) is 0 Å². The molecule has 0 heterocycles. The molecule has 0 bridgehead atoms. The third kappa shape index (κ3) is 9.41. The van der Waals surface area contributed by atoms with Gasteiger partial charge in [-0.1, -0.05) is 85.4 Å². The summed E-state index contributed by atoms with van der Waals surface area (Å²) in [4.78, 5) is 0.0417. The monoisotopic (exact) mass is 370 g/mol. The molecule has 25 heavy (non-hydrogen) atoms. The van der Waals surface area contributed by atoms with Gasteiger partial charge in [-0.3, -0.25) is 4.55 Å².